The minimum atomic E-state index is -0.174. The number of rotatable bonds is 7. The van der Waals surface area contributed by atoms with E-state index in [0.29, 0.717) is 28.8 Å². The average Bonchev–Trinajstić information content (AvgIpc) is 3.14. The molecule has 1 N–H and O–H groups in total. The Hall–Kier alpha value is -3.06. The van der Waals surface area contributed by atoms with Crippen LogP contribution < -0.4 is 14.8 Å². The van der Waals surface area contributed by atoms with Gasteiger partial charge in [0.15, 0.2) is 11.5 Å². The van der Waals surface area contributed by atoms with Crippen molar-refractivity contribution >= 4 is 17.5 Å². The van der Waals surface area contributed by atoms with Crippen molar-refractivity contribution in [2.75, 3.05) is 14.2 Å². The second-order valence-electron chi connectivity index (χ2n) is 5.78. The number of amides is 1. The molecule has 2 aromatic carbocycles. The highest BCUT2D eigenvalue weighted by Crippen LogP contribution is 2.27. The lowest BCUT2D eigenvalue weighted by Gasteiger charge is -2.10. The molecule has 0 spiro atoms. The van der Waals surface area contributed by atoms with Crippen LogP contribution in [0.5, 0.6) is 11.5 Å². The molecule has 140 valence electrons. The second-order valence-corrected chi connectivity index (χ2v) is 6.21. The number of benzene rings is 2. The number of carbonyl (C=O) groups is 1. The largest absolute Gasteiger partial charge is 0.493 e. The summed E-state index contributed by atoms with van der Waals surface area (Å²) in [5, 5.41) is 11.5. The minimum absolute atomic E-state index is 0.0703. The van der Waals surface area contributed by atoms with Gasteiger partial charge in [-0.2, -0.15) is 0 Å². The van der Waals surface area contributed by atoms with E-state index in [-0.39, 0.29) is 12.5 Å². The van der Waals surface area contributed by atoms with Crippen molar-refractivity contribution in [3.8, 4) is 22.8 Å². The Kier molecular flexibility index (Phi) is 5.93. The summed E-state index contributed by atoms with van der Waals surface area (Å²) in [6.07, 6.45) is 1.71. The Balaban J connectivity index is 1.59. The molecule has 0 bridgehead atoms. The van der Waals surface area contributed by atoms with E-state index in [9.17, 15) is 4.79 Å². The van der Waals surface area contributed by atoms with Gasteiger partial charge in [0.05, 0.1) is 20.4 Å². The highest BCUT2D eigenvalue weighted by Gasteiger charge is 2.09. The third kappa shape index (κ3) is 4.77. The fourth-order valence-corrected chi connectivity index (χ4v) is 2.74. The molecular weight excluding hydrogens is 368 g/mol. The van der Waals surface area contributed by atoms with Crippen LogP contribution in [0.15, 0.2) is 48.7 Å². The molecule has 3 aromatic rings. The topological polar surface area (TPSA) is 78.3 Å². The van der Waals surface area contributed by atoms with Gasteiger partial charge in [-0.15, -0.1) is 5.10 Å². The van der Waals surface area contributed by atoms with Crippen molar-refractivity contribution in [3.63, 3.8) is 0 Å². The third-order valence-corrected chi connectivity index (χ3v) is 4.14. The van der Waals surface area contributed by atoms with Gasteiger partial charge < -0.3 is 14.8 Å². The molecule has 0 saturated heterocycles. The number of halogens is 1. The highest BCUT2D eigenvalue weighted by molar-refractivity contribution is 6.30. The number of hydrogen-bond donors (Lipinski definition) is 1. The average molecular weight is 387 g/mol. The Morgan fingerprint density at radius 1 is 1.15 bits per heavy atom. The fraction of sp³-hybridized carbons (Fsp3) is 0.211. The van der Waals surface area contributed by atoms with Crippen LogP contribution in [0.25, 0.3) is 11.3 Å². The minimum Gasteiger partial charge on any atom is -0.493 e. The Labute approximate surface area is 161 Å². The SMILES string of the molecule is COc1ccc(CNC(=O)Cn2cc(-c3cccc(Cl)c3)nn2)cc1OC. The first-order valence-corrected chi connectivity index (χ1v) is 8.60. The molecule has 0 fully saturated rings. The zero-order valence-electron chi connectivity index (χ0n) is 15.0. The van der Waals surface area contributed by atoms with Crippen LogP contribution in [0.3, 0.4) is 0 Å². The maximum Gasteiger partial charge on any atom is 0.242 e. The summed E-state index contributed by atoms with van der Waals surface area (Å²) in [4.78, 5) is 12.2. The van der Waals surface area contributed by atoms with Crippen molar-refractivity contribution in [3.05, 3.63) is 59.2 Å². The second kappa shape index (κ2) is 8.55. The van der Waals surface area contributed by atoms with Gasteiger partial charge in [0.1, 0.15) is 12.2 Å². The summed E-state index contributed by atoms with van der Waals surface area (Å²) in [5.41, 5.74) is 2.41. The standard InChI is InChI=1S/C19H19ClN4O3/c1-26-17-7-6-13(8-18(17)27-2)10-21-19(25)12-24-11-16(22-23-24)14-4-3-5-15(20)9-14/h3-9,11H,10,12H2,1-2H3,(H,21,25). The van der Waals surface area contributed by atoms with E-state index in [4.69, 9.17) is 21.1 Å². The van der Waals surface area contributed by atoms with E-state index < -0.39 is 0 Å². The first-order valence-electron chi connectivity index (χ1n) is 8.22. The van der Waals surface area contributed by atoms with E-state index in [1.165, 1.54) is 4.68 Å². The summed E-state index contributed by atoms with van der Waals surface area (Å²) in [7, 11) is 3.15. The summed E-state index contributed by atoms with van der Waals surface area (Å²) in [6, 6.07) is 12.8. The number of ether oxygens (including phenoxy) is 2. The van der Waals surface area contributed by atoms with E-state index in [1.54, 1.807) is 38.6 Å². The van der Waals surface area contributed by atoms with Crippen LogP contribution in [0.1, 0.15) is 5.56 Å². The first kappa shape index (κ1) is 18.7. The van der Waals surface area contributed by atoms with Crippen molar-refractivity contribution < 1.29 is 14.3 Å². The van der Waals surface area contributed by atoms with Crippen LogP contribution in [-0.2, 0) is 17.9 Å². The summed E-state index contributed by atoms with van der Waals surface area (Å²) < 4.78 is 12.0. The first-order chi connectivity index (χ1) is 13.1. The van der Waals surface area contributed by atoms with Crippen LogP contribution >= 0.6 is 11.6 Å². The van der Waals surface area contributed by atoms with Gasteiger partial charge >= 0.3 is 0 Å². The van der Waals surface area contributed by atoms with Gasteiger partial charge in [-0.3, -0.25) is 4.79 Å². The summed E-state index contributed by atoms with van der Waals surface area (Å²) >= 11 is 5.99. The summed E-state index contributed by atoms with van der Waals surface area (Å²) in [5.74, 6) is 1.09. The van der Waals surface area contributed by atoms with Crippen LogP contribution in [0, 0.1) is 0 Å². The number of nitrogens with one attached hydrogen (secondary N) is 1. The molecule has 0 radical (unpaired) electrons. The molecule has 1 amide bonds. The molecule has 8 heteroatoms. The Bertz CT molecular complexity index is 942. The molecule has 3 rings (SSSR count). The predicted molar refractivity (Wildman–Crippen MR) is 102 cm³/mol. The molecule has 0 saturated carbocycles. The van der Waals surface area contributed by atoms with Gasteiger partial charge in [0.25, 0.3) is 0 Å². The summed E-state index contributed by atoms with van der Waals surface area (Å²) in [6.45, 7) is 0.440. The van der Waals surface area contributed by atoms with Crippen LogP contribution in [-0.4, -0.2) is 35.1 Å². The molecule has 0 aliphatic heterocycles. The quantitative estimate of drug-likeness (QED) is 0.675. The zero-order valence-corrected chi connectivity index (χ0v) is 15.7. The van der Waals surface area contributed by atoms with Gasteiger partial charge in [-0.05, 0) is 29.8 Å². The number of carbonyl (C=O) groups excluding carboxylic acids is 1. The molecule has 0 atom stereocenters. The van der Waals surface area contributed by atoms with Crippen molar-refractivity contribution in [1.29, 1.82) is 0 Å². The molecule has 0 aliphatic carbocycles. The van der Waals surface area contributed by atoms with Gasteiger partial charge in [-0.1, -0.05) is 35.0 Å². The number of nitrogens with zero attached hydrogens (tertiary/aromatic N) is 3. The molecule has 7 nitrogen and oxygen atoms in total. The van der Waals surface area contributed by atoms with E-state index in [1.807, 2.05) is 24.3 Å². The smallest absolute Gasteiger partial charge is 0.242 e. The van der Waals surface area contributed by atoms with Crippen LogP contribution in [0.4, 0.5) is 0 Å². The molecule has 0 aliphatic rings. The lowest BCUT2D eigenvalue weighted by molar-refractivity contribution is -0.122. The monoisotopic (exact) mass is 386 g/mol. The van der Waals surface area contributed by atoms with E-state index in [0.717, 1.165) is 11.1 Å². The fourth-order valence-electron chi connectivity index (χ4n) is 2.55. The number of aromatic nitrogens is 3. The van der Waals surface area contributed by atoms with Gasteiger partial charge in [-0.25, -0.2) is 4.68 Å². The number of methoxy groups -OCH3 is 2. The molecule has 0 unspecified atom stereocenters. The highest BCUT2D eigenvalue weighted by atomic mass is 35.5. The Morgan fingerprint density at radius 2 is 1.96 bits per heavy atom. The number of hydrogen-bond acceptors (Lipinski definition) is 5. The normalized spacial score (nSPS) is 10.5. The predicted octanol–water partition coefficient (Wildman–Crippen LogP) is 2.93. The lowest BCUT2D eigenvalue weighted by atomic mass is 10.2. The van der Waals surface area contributed by atoms with Gasteiger partial charge in [0.2, 0.25) is 5.91 Å². The molecular formula is C19H19ClN4O3. The Morgan fingerprint density at radius 3 is 2.70 bits per heavy atom. The molecule has 27 heavy (non-hydrogen) atoms. The molecule has 1 heterocycles. The van der Waals surface area contributed by atoms with E-state index in [2.05, 4.69) is 15.6 Å². The maximum absolute atomic E-state index is 12.2. The lowest BCUT2D eigenvalue weighted by Crippen LogP contribution is -2.27. The maximum atomic E-state index is 12.2. The van der Waals surface area contributed by atoms with E-state index >= 15 is 0 Å². The van der Waals surface area contributed by atoms with Crippen molar-refractivity contribution in [2.45, 2.75) is 13.1 Å². The van der Waals surface area contributed by atoms with Crippen LogP contribution in [0.2, 0.25) is 5.02 Å². The van der Waals surface area contributed by atoms with Crippen molar-refractivity contribution in [1.82, 2.24) is 20.3 Å². The van der Waals surface area contributed by atoms with Crippen molar-refractivity contribution in [2.24, 2.45) is 0 Å². The zero-order chi connectivity index (χ0) is 19.2. The molecule has 1 aromatic heterocycles. The third-order valence-electron chi connectivity index (χ3n) is 3.90. The van der Waals surface area contributed by atoms with Gasteiger partial charge in [0, 0.05) is 17.1 Å².